The predicted octanol–water partition coefficient (Wildman–Crippen LogP) is 8.62. The molecule has 0 saturated heterocycles. The molecule has 6 aromatic rings. The quantitative estimate of drug-likeness (QED) is 0.313. The average molecular weight is 402 g/mol. The summed E-state index contributed by atoms with van der Waals surface area (Å²) in [6.45, 7) is 0. The molecule has 6 rings (SSSR count). The summed E-state index contributed by atoms with van der Waals surface area (Å²) in [5, 5.41) is 8.94. The van der Waals surface area contributed by atoms with Crippen molar-refractivity contribution >= 4 is 53.7 Å². The molecule has 0 aliphatic heterocycles. The summed E-state index contributed by atoms with van der Waals surface area (Å²) < 4.78 is 2.63. The Kier molecular flexibility index (Phi) is 4.03. The molecule has 0 unspecified atom stereocenters. The molecule has 0 radical (unpaired) electrons. The fourth-order valence-corrected chi connectivity index (χ4v) is 5.39. The van der Waals surface area contributed by atoms with Crippen molar-refractivity contribution < 1.29 is 0 Å². The van der Waals surface area contributed by atoms with E-state index in [1.807, 2.05) is 11.3 Å². The molecule has 0 amide bonds. The van der Waals surface area contributed by atoms with Crippen LogP contribution in [-0.4, -0.2) is 0 Å². The molecule has 0 bridgehead atoms. The summed E-state index contributed by atoms with van der Waals surface area (Å²) >= 11 is 1.86. The zero-order valence-electron chi connectivity index (χ0n) is 16.3. The maximum Gasteiger partial charge on any atom is 0.0596 e. The third-order valence-electron chi connectivity index (χ3n) is 5.64. The van der Waals surface area contributed by atoms with Crippen molar-refractivity contribution in [3.63, 3.8) is 0 Å². The highest BCUT2D eigenvalue weighted by molar-refractivity contribution is 7.26. The molecule has 142 valence electrons. The number of benzene rings is 5. The van der Waals surface area contributed by atoms with Crippen LogP contribution in [-0.2, 0) is 0 Å². The zero-order chi connectivity index (χ0) is 19.9. The summed E-state index contributed by atoms with van der Waals surface area (Å²) in [4.78, 5) is 0. The van der Waals surface area contributed by atoms with Gasteiger partial charge in [-0.1, -0.05) is 84.9 Å². The van der Waals surface area contributed by atoms with Gasteiger partial charge in [-0.2, -0.15) is 0 Å². The Morgan fingerprint density at radius 3 is 2.07 bits per heavy atom. The van der Waals surface area contributed by atoms with Gasteiger partial charge in [0.2, 0.25) is 0 Å². The van der Waals surface area contributed by atoms with Gasteiger partial charge in [-0.15, -0.1) is 11.3 Å². The molecule has 1 heterocycles. The number of rotatable bonds is 3. The van der Waals surface area contributed by atoms with Crippen LogP contribution in [0.2, 0.25) is 0 Å². The first-order chi connectivity index (χ1) is 14.9. The maximum atomic E-state index is 3.69. The van der Waals surface area contributed by atoms with Gasteiger partial charge in [-0.3, -0.25) is 0 Å². The van der Waals surface area contributed by atoms with E-state index in [4.69, 9.17) is 0 Å². The Morgan fingerprint density at radius 1 is 0.567 bits per heavy atom. The van der Waals surface area contributed by atoms with Crippen LogP contribution in [0, 0.1) is 0 Å². The van der Waals surface area contributed by atoms with Crippen LogP contribution in [0.15, 0.2) is 109 Å². The Labute approximate surface area is 179 Å². The van der Waals surface area contributed by atoms with Gasteiger partial charge in [-0.05, 0) is 46.2 Å². The van der Waals surface area contributed by atoms with Crippen molar-refractivity contribution in [3.05, 3.63) is 109 Å². The summed E-state index contributed by atoms with van der Waals surface area (Å²) in [6, 6.07) is 38.8. The van der Waals surface area contributed by atoms with E-state index >= 15 is 0 Å². The van der Waals surface area contributed by atoms with E-state index in [2.05, 4.69) is 115 Å². The van der Waals surface area contributed by atoms with E-state index in [1.165, 1.54) is 42.1 Å². The number of hydrogen-bond donors (Lipinski definition) is 1. The Balaban J connectivity index is 1.49. The van der Waals surface area contributed by atoms with Crippen molar-refractivity contribution in [2.45, 2.75) is 0 Å². The van der Waals surface area contributed by atoms with Gasteiger partial charge in [0.15, 0.2) is 0 Å². The highest BCUT2D eigenvalue weighted by Crippen LogP contribution is 2.43. The van der Waals surface area contributed by atoms with E-state index in [0.717, 1.165) is 11.4 Å². The fourth-order valence-electron chi connectivity index (χ4n) is 4.20. The largest absolute Gasteiger partial charge is 0.354 e. The number of fused-ring (bicyclic) bond motifs is 5. The maximum absolute atomic E-state index is 3.69. The lowest BCUT2D eigenvalue weighted by Gasteiger charge is -2.11. The fraction of sp³-hybridized carbons (Fsp3) is 0. The molecule has 0 aliphatic carbocycles. The Morgan fingerprint density at radius 2 is 1.23 bits per heavy atom. The van der Waals surface area contributed by atoms with Crippen molar-refractivity contribution in [1.82, 2.24) is 0 Å². The third kappa shape index (κ3) is 2.85. The second-order valence-electron chi connectivity index (χ2n) is 7.52. The van der Waals surface area contributed by atoms with Gasteiger partial charge >= 0.3 is 0 Å². The van der Waals surface area contributed by atoms with Crippen molar-refractivity contribution in [2.75, 3.05) is 5.32 Å². The smallest absolute Gasteiger partial charge is 0.0596 e. The first-order valence-electron chi connectivity index (χ1n) is 10.1. The summed E-state index contributed by atoms with van der Waals surface area (Å²) in [7, 11) is 0. The lowest BCUT2D eigenvalue weighted by atomic mass is 10.0. The zero-order valence-corrected chi connectivity index (χ0v) is 17.1. The minimum Gasteiger partial charge on any atom is -0.354 e. The molecule has 0 saturated carbocycles. The SMILES string of the molecule is c1ccc(-c2ccc(Nc3cc4ccccc4c4c3sc3ccccc34)cc2)cc1. The van der Waals surface area contributed by atoms with Gasteiger partial charge in [0, 0.05) is 21.2 Å². The molecule has 30 heavy (non-hydrogen) atoms. The van der Waals surface area contributed by atoms with E-state index < -0.39 is 0 Å². The van der Waals surface area contributed by atoms with Crippen LogP contribution in [0.4, 0.5) is 11.4 Å². The van der Waals surface area contributed by atoms with Gasteiger partial charge in [0.25, 0.3) is 0 Å². The normalized spacial score (nSPS) is 11.3. The molecular weight excluding hydrogens is 382 g/mol. The molecule has 5 aromatic carbocycles. The molecule has 1 nitrogen and oxygen atoms in total. The first kappa shape index (κ1) is 17.3. The first-order valence-corrected chi connectivity index (χ1v) is 10.9. The molecule has 2 heteroatoms. The summed E-state index contributed by atoms with van der Waals surface area (Å²) in [6.07, 6.45) is 0. The Bertz CT molecular complexity index is 1490. The third-order valence-corrected chi connectivity index (χ3v) is 6.85. The average Bonchev–Trinajstić information content (AvgIpc) is 3.21. The van der Waals surface area contributed by atoms with Crippen molar-refractivity contribution in [3.8, 4) is 11.1 Å². The molecule has 0 spiro atoms. The Hall–Kier alpha value is -3.62. The lowest BCUT2D eigenvalue weighted by molar-refractivity contribution is 1.57. The van der Waals surface area contributed by atoms with Crippen LogP contribution in [0.5, 0.6) is 0 Å². The second-order valence-corrected chi connectivity index (χ2v) is 8.57. The van der Waals surface area contributed by atoms with E-state index in [9.17, 15) is 0 Å². The highest BCUT2D eigenvalue weighted by Gasteiger charge is 2.13. The summed E-state index contributed by atoms with van der Waals surface area (Å²) in [5.74, 6) is 0. The van der Waals surface area contributed by atoms with Crippen LogP contribution in [0.25, 0.3) is 42.1 Å². The molecule has 0 fully saturated rings. The molecule has 1 aromatic heterocycles. The van der Waals surface area contributed by atoms with Crippen LogP contribution < -0.4 is 5.32 Å². The minimum absolute atomic E-state index is 1.10. The molecular formula is C28H19NS. The van der Waals surface area contributed by atoms with Crippen LogP contribution in [0.1, 0.15) is 0 Å². The van der Waals surface area contributed by atoms with Crippen molar-refractivity contribution in [1.29, 1.82) is 0 Å². The number of thiophene rings is 1. The van der Waals surface area contributed by atoms with Gasteiger partial charge in [0.05, 0.1) is 10.4 Å². The molecule has 0 aliphatic rings. The van der Waals surface area contributed by atoms with E-state index in [0.29, 0.717) is 0 Å². The van der Waals surface area contributed by atoms with E-state index in [1.54, 1.807) is 0 Å². The topological polar surface area (TPSA) is 12.0 Å². The van der Waals surface area contributed by atoms with Crippen LogP contribution >= 0.6 is 11.3 Å². The number of nitrogens with one attached hydrogen (secondary N) is 1. The molecule has 1 N–H and O–H groups in total. The van der Waals surface area contributed by atoms with Crippen molar-refractivity contribution in [2.24, 2.45) is 0 Å². The minimum atomic E-state index is 1.10. The van der Waals surface area contributed by atoms with Gasteiger partial charge < -0.3 is 5.32 Å². The van der Waals surface area contributed by atoms with E-state index in [-0.39, 0.29) is 0 Å². The highest BCUT2D eigenvalue weighted by atomic mass is 32.1. The monoisotopic (exact) mass is 401 g/mol. The standard InChI is InChI=1S/C28H19NS/c1-2-8-19(9-3-1)20-14-16-22(17-15-20)29-25-18-21-10-4-5-11-23(21)27-24-12-6-7-13-26(24)30-28(25)27/h1-18,29H. The number of hydrogen-bond acceptors (Lipinski definition) is 2. The lowest BCUT2D eigenvalue weighted by Crippen LogP contribution is -1.91. The van der Waals surface area contributed by atoms with Gasteiger partial charge in [-0.25, -0.2) is 0 Å². The number of anilines is 2. The second kappa shape index (κ2) is 7.01. The predicted molar refractivity (Wildman–Crippen MR) is 132 cm³/mol. The van der Waals surface area contributed by atoms with Gasteiger partial charge in [0.1, 0.15) is 0 Å². The summed E-state index contributed by atoms with van der Waals surface area (Å²) in [5.41, 5.74) is 4.73. The van der Waals surface area contributed by atoms with Crippen LogP contribution in [0.3, 0.4) is 0 Å². The molecule has 0 atom stereocenters.